The van der Waals surface area contributed by atoms with E-state index in [0.29, 0.717) is 6.54 Å². The first-order valence-corrected chi connectivity index (χ1v) is 11.0. The lowest BCUT2D eigenvalue weighted by molar-refractivity contribution is -0.125. The maximum absolute atomic E-state index is 13.3. The number of rotatable bonds is 5. The lowest BCUT2D eigenvalue weighted by Crippen LogP contribution is -2.52. The van der Waals surface area contributed by atoms with E-state index in [9.17, 15) is 17.6 Å². The molecule has 0 bridgehead atoms. The Morgan fingerprint density at radius 3 is 2.27 bits per heavy atom. The molecule has 0 saturated carbocycles. The van der Waals surface area contributed by atoms with Crippen LogP contribution in [0, 0.1) is 5.82 Å². The fourth-order valence-corrected chi connectivity index (χ4v) is 5.19. The molecule has 0 saturated heterocycles. The number of nitrogens with zero attached hydrogens (tertiary/aromatic N) is 1. The van der Waals surface area contributed by atoms with Gasteiger partial charge < -0.3 is 5.32 Å². The van der Waals surface area contributed by atoms with Crippen LogP contribution in [0.3, 0.4) is 0 Å². The van der Waals surface area contributed by atoms with Crippen molar-refractivity contribution < 1.29 is 17.6 Å². The third-order valence-electron chi connectivity index (χ3n) is 5.24. The quantitative estimate of drug-likeness (QED) is 0.684. The molecule has 0 radical (unpaired) electrons. The summed E-state index contributed by atoms with van der Waals surface area (Å²) in [5, 5.41) is 2.86. The summed E-state index contributed by atoms with van der Waals surface area (Å²) in [7, 11) is -3.99. The average Bonchev–Trinajstić information content (AvgIpc) is 2.77. The van der Waals surface area contributed by atoms with E-state index in [1.165, 1.54) is 16.4 Å². The molecule has 1 amide bonds. The molecule has 0 spiro atoms. The Morgan fingerprint density at radius 2 is 1.57 bits per heavy atom. The molecule has 0 unspecified atom stereocenters. The topological polar surface area (TPSA) is 66.5 Å². The highest BCUT2D eigenvalue weighted by Gasteiger charge is 2.39. The van der Waals surface area contributed by atoms with Gasteiger partial charge in [-0.3, -0.25) is 4.79 Å². The molecule has 0 aromatic heterocycles. The minimum Gasteiger partial charge on any atom is -0.351 e. The van der Waals surface area contributed by atoms with Gasteiger partial charge in [0, 0.05) is 13.1 Å². The van der Waals surface area contributed by atoms with Crippen molar-refractivity contribution >= 4 is 15.9 Å². The van der Waals surface area contributed by atoms with Gasteiger partial charge in [-0.05, 0) is 47.4 Å². The summed E-state index contributed by atoms with van der Waals surface area (Å²) in [6, 6.07) is 20.7. The summed E-state index contributed by atoms with van der Waals surface area (Å²) in [6.45, 7) is 0.390. The van der Waals surface area contributed by atoms with Crippen molar-refractivity contribution in [2.45, 2.75) is 30.4 Å². The largest absolute Gasteiger partial charge is 0.351 e. The van der Waals surface area contributed by atoms with Gasteiger partial charge in [0.05, 0.1) is 4.90 Å². The molecule has 5 nitrogen and oxygen atoms in total. The molecule has 1 heterocycles. The number of benzene rings is 3. The van der Waals surface area contributed by atoms with Gasteiger partial charge >= 0.3 is 0 Å². The van der Waals surface area contributed by atoms with Gasteiger partial charge in [0.25, 0.3) is 0 Å². The summed E-state index contributed by atoms with van der Waals surface area (Å²) in [5.41, 5.74) is 2.73. The van der Waals surface area contributed by atoms with Gasteiger partial charge in [-0.1, -0.05) is 54.6 Å². The highest BCUT2D eigenvalue weighted by Crippen LogP contribution is 2.29. The van der Waals surface area contributed by atoms with Crippen molar-refractivity contribution in [3.05, 3.63) is 101 Å². The van der Waals surface area contributed by atoms with E-state index in [1.807, 2.05) is 54.6 Å². The van der Waals surface area contributed by atoms with Crippen molar-refractivity contribution in [3.8, 4) is 0 Å². The van der Waals surface area contributed by atoms with Crippen LogP contribution in [0.4, 0.5) is 4.39 Å². The number of amides is 1. The molecule has 0 aliphatic carbocycles. The zero-order chi connectivity index (χ0) is 21.1. The first-order valence-electron chi connectivity index (χ1n) is 9.61. The molecule has 154 valence electrons. The van der Waals surface area contributed by atoms with Crippen LogP contribution in [-0.2, 0) is 34.3 Å². The highest BCUT2D eigenvalue weighted by atomic mass is 32.2. The van der Waals surface area contributed by atoms with Crippen LogP contribution in [0.2, 0.25) is 0 Å². The second-order valence-corrected chi connectivity index (χ2v) is 9.09. The van der Waals surface area contributed by atoms with Crippen LogP contribution < -0.4 is 5.32 Å². The third kappa shape index (κ3) is 4.13. The molecule has 0 fully saturated rings. The number of fused-ring (bicyclic) bond motifs is 1. The molecule has 1 atom stereocenters. The van der Waals surface area contributed by atoms with E-state index in [2.05, 4.69) is 5.32 Å². The molecule has 7 heteroatoms. The van der Waals surface area contributed by atoms with E-state index in [1.54, 1.807) is 0 Å². The van der Waals surface area contributed by atoms with Crippen LogP contribution in [0.25, 0.3) is 0 Å². The van der Waals surface area contributed by atoms with E-state index in [-0.39, 0.29) is 23.8 Å². The second-order valence-electron chi connectivity index (χ2n) is 7.20. The Labute approximate surface area is 175 Å². The van der Waals surface area contributed by atoms with Gasteiger partial charge in [-0.25, -0.2) is 12.8 Å². The minimum absolute atomic E-state index is 0.0378. The molecule has 1 aliphatic heterocycles. The zero-order valence-electron chi connectivity index (χ0n) is 16.2. The summed E-state index contributed by atoms with van der Waals surface area (Å²) in [5.74, 6) is -0.880. The van der Waals surface area contributed by atoms with Gasteiger partial charge in [0.1, 0.15) is 11.9 Å². The van der Waals surface area contributed by atoms with Crippen LogP contribution in [-0.4, -0.2) is 24.7 Å². The number of nitrogens with one attached hydrogen (secondary N) is 1. The standard InChI is InChI=1S/C23H21FN2O3S/c24-20-10-12-21(13-11-20)30(28,29)26-16-19-9-5-4-8-18(19)14-22(26)23(27)25-15-17-6-2-1-3-7-17/h1-13,22H,14-16H2,(H,25,27)/t22-/m0/s1. The number of sulfonamides is 1. The molecule has 30 heavy (non-hydrogen) atoms. The van der Waals surface area contributed by atoms with Crippen molar-refractivity contribution in [1.29, 1.82) is 0 Å². The number of halogens is 1. The molecular formula is C23H21FN2O3S. The van der Waals surface area contributed by atoms with Crippen LogP contribution >= 0.6 is 0 Å². The Balaban J connectivity index is 1.65. The SMILES string of the molecule is O=C(NCc1ccccc1)[C@@H]1Cc2ccccc2CN1S(=O)(=O)c1ccc(F)cc1. The Kier molecular flexibility index (Phi) is 5.65. The number of hydrogen-bond acceptors (Lipinski definition) is 3. The molecule has 1 aliphatic rings. The lowest BCUT2D eigenvalue weighted by atomic mass is 9.95. The molecule has 3 aromatic rings. The van der Waals surface area contributed by atoms with Crippen molar-refractivity contribution in [2.24, 2.45) is 0 Å². The van der Waals surface area contributed by atoms with E-state index >= 15 is 0 Å². The minimum atomic E-state index is -3.99. The summed E-state index contributed by atoms with van der Waals surface area (Å²) >= 11 is 0. The molecule has 1 N–H and O–H groups in total. The maximum Gasteiger partial charge on any atom is 0.244 e. The van der Waals surface area contributed by atoms with Gasteiger partial charge in [-0.2, -0.15) is 4.31 Å². The Morgan fingerprint density at radius 1 is 0.933 bits per heavy atom. The fraction of sp³-hybridized carbons (Fsp3) is 0.174. The van der Waals surface area contributed by atoms with E-state index in [0.717, 1.165) is 28.8 Å². The van der Waals surface area contributed by atoms with Gasteiger partial charge in [0.2, 0.25) is 15.9 Å². The lowest BCUT2D eigenvalue weighted by Gasteiger charge is -2.35. The van der Waals surface area contributed by atoms with Crippen LogP contribution in [0.5, 0.6) is 0 Å². The van der Waals surface area contributed by atoms with Crippen LogP contribution in [0.15, 0.2) is 83.8 Å². The van der Waals surface area contributed by atoms with Crippen molar-refractivity contribution in [3.63, 3.8) is 0 Å². The number of carbonyl (C=O) groups is 1. The first kappa shape index (κ1) is 20.3. The predicted octanol–water partition coefficient (Wildman–Crippen LogP) is 3.26. The summed E-state index contributed by atoms with van der Waals surface area (Å²) < 4.78 is 41.2. The molecular weight excluding hydrogens is 403 g/mol. The number of hydrogen-bond donors (Lipinski definition) is 1. The van der Waals surface area contributed by atoms with Crippen molar-refractivity contribution in [1.82, 2.24) is 9.62 Å². The fourth-order valence-electron chi connectivity index (χ4n) is 3.62. The maximum atomic E-state index is 13.3. The normalized spacial score (nSPS) is 16.6. The Bertz CT molecular complexity index is 1150. The monoisotopic (exact) mass is 424 g/mol. The predicted molar refractivity (Wildman–Crippen MR) is 111 cm³/mol. The smallest absolute Gasteiger partial charge is 0.244 e. The molecule has 3 aromatic carbocycles. The third-order valence-corrected chi connectivity index (χ3v) is 7.11. The summed E-state index contributed by atoms with van der Waals surface area (Å²) in [6.07, 6.45) is 0.275. The number of carbonyl (C=O) groups excluding carboxylic acids is 1. The zero-order valence-corrected chi connectivity index (χ0v) is 17.0. The van der Waals surface area contributed by atoms with Gasteiger partial charge in [-0.15, -0.1) is 0 Å². The highest BCUT2D eigenvalue weighted by molar-refractivity contribution is 7.89. The van der Waals surface area contributed by atoms with Gasteiger partial charge in [0.15, 0.2) is 0 Å². The van der Waals surface area contributed by atoms with E-state index in [4.69, 9.17) is 0 Å². The Hall–Kier alpha value is -3.03. The summed E-state index contributed by atoms with van der Waals surface area (Å²) in [4.78, 5) is 13.0. The van der Waals surface area contributed by atoms with E-state index < -0.39 is 21.9 Å². The van der Waals surface area contributed by atoms with Crippen LogP contribution in [0.1, 0.15) is 16.7 Å². The second kappa shape index (κ2) is 8.38. The molecule has 4 rings (SSSR count). The average molecular weight is 424 g/mol. The first-order chi connectivity index (χ1) is 14.4. The van der Waals surface area contributed by atoms with Crippen molar-refractivity contribution in [2.75, 3.05) is 0 Å².